The van der Waals surface area contributed by atoms with Gasteiger partial charge in [-0.2, -0.15) is 0 Å². The molecular weight excluding hydrogens is 252 g/mol. The molecular formula is C16H22N2O2. The minimum atomic E-state index is 0.0218. The zero-order chi connectivity index (χ0) is 13.9. The molecule has 2 atom stereocenters. The van der Waals surface area contributed by atoms with Crippen LogP contribution in [0.5, 0.6) is 0 Å². The molecule has 1 aromatic carbocycles. The number of rotatable bonds is 3. The standard InChI is InChI=1S/C16H22N2O2/c1-11(15-8-4-10-20-15)18-16(19)13-5-2-7-14-12(13)6-3-9-17-14/h2,5,7,11,15,17H,3-4,6,8-10H2,1H3,(H,18,19). The SMILES string of the molecule is CC(NC(=O)c1cccc2c1CCCN2)C1CCCO1. The smallest absolute Gasteiger partial charge is 0.251 e. The summed E-state index contributed by atoms with van der Waals surface area (Å²) < 4.78 is 5.64. The van der Waals surface area contributed by atoms with Crippen LogP contribution in [0.1, 0.15) is 42.1 Å². The van der Waals surface area contributed by atoms with E-state index in [2.05, 4.69) is 16.7 Å². The van der Waals surface area contributed by atoms with Crippen molar-refractivity contribution in [3.8, 4) is 0 Å². The molecule has 0 bridgehead atoms. The van der Waals surface area contributed by atoms with Gasteiger partial charge in [-0.05, 0) is 50.3 Å². The Kier molecular flexibility index (Phi) is 3.92. The minimum Gasteiger partial charge on any atom is -0.385 e. The number of carbonyl (C=O) groups is 1. The molecule has 4 nitrogen and oxygen atoms in total. The van der Waals surface area contributed by atoms with Crippen LogP contribution < -0.4 is 10.6 Å². The van der Waals surface area contributed by atoms with Gasteiger partial charge >= 0.3 is 0 Å². The van der Waals surface area contributed by atoms with Gasteiger partial charge in [0.2, 0.25) is 0 Å². The van der Waals surface area contributed by atoms with Crippen molar-refractivity contribution in [2.75, 3.05) is 18.5 Å². The Bertz CT molecular complexity index is 495. The summed E-state index contributed by atoms with van der Waals surface area (Å²) in [5.74, 6) is 0.0218. The third-order valence-corrected chi connectivity index (χ3v) is 4.22. The second-order valence-electron chi connectivity index (χ2n) is 5.68. The van der Waals surface area contributed by atoms with Gasteiger partial charge in [0, 0.05) is 24.4 Å². The predicted octanol–water partition coefficient (Wildman–Crippen LogP) is 2.34. The third kappa shape index (κ3) is 2.66. The van der Waals surface area contributed by atoms with Crippen LogP contribution >= 0.6 is 0 Å². The maximum absolute atomic E-state index is 12.5. The third-order valence-electron chi connectivity index (χ3n) is 4.22. The van der Waals surface area contributed by atoms with Crippen molar-refractivity contribution in [1.29, 1.82) is 0 Å². The average molecular weight is 274 g/mol. The lowest BCUT2D eigenvalue weighted by Gasteiger charge is -2.23. The number of benzene rings is 1. The molecule has 1 fully saturated rings. The highest BCUT2D eigenvalue weighted by atomic mass is 16.5. The minimum absolute atomic E-state index is 0.0218. The number of hydrogen-bond acceptors (Lipinski definition) is 3. The number of nitrogens with one attached hydrogen (secondary N) is 2. The van der Waals surface area contributed by atoms with Gasteiger partial charge in [0.1, 0.15) is 0 Å². The van der Waals surface area contributed by atoms with Gasteiger partial charge in [-0.25, -0.2) is 0 Å². The topological polar surface area (TPSA) is 50.4 Å². The molecule has 1 saturated heterocycles. The van der Waals surface area contributed by atoms with Crippen LogP contribution in [0.3, 0.4) is 0 Å². The lowest BCUT2D eigenvalue weighted by atomic mass is 9.97. The Morgan fingerprint density at radius 1 is 1.45 bits per heavy atom. The first kappa shape index (κ1) is 13.4. The second kappa shape index (κ2) is 5.83. The summed E-state index contributed by atoms with van der Waals surface area (Å²) >= 11 is 0. The first-order valence-corrected chi connectivity index (χ1v) is 7.54. The van der Waals surface area contributed by atoms with Crippen LogP contribution in [-0.2, 0) is 11.2 Å². The molecule has 0 radical (unpaired) electrons. The molecule has 0 aromatic heterocycles. The van der Waals surface area contributed by atoms with E-state index in [9.17, 15) is 4.79 Å². The highest BCUT2D eigenvalue weighted by Crippen LogP contribution is 2.25. The molecule has 1 amide bonds. The van der Waals surface area contributed by atoms with E-state index in [1.54, 1.807) is 0 Å². The molecule has 1 aromatic rings. The van der Waals surface area contributed by atoms with Crippen molar-refractivity contribution >= 4 is 11.6 Å². The number of hydrogen-bond donors (Lipinski definition) is 2. The zero-order valence-electron chi connectivity index (χ0n) is 11.9. The van der Waals surface area contributed by atoms with Crippen LogP contribution in [0.4, 0.5) is 5.69 Å². The normalized spacial score (nSPS) is 22.8. The number of anilines is 1. The van der Waals surface area contributed by atoms with Crippen molar-refractivity contribution in [3.63, 3.8) is 0 Å². The molecule has 2 heterocycles. The second-order valence-corrected chi connectivity index (χ2v) is 5.68. The van der Waals surface area contributed by atoms with E-state index in [0.717, 1.165) is 55.6 Å². The summed E-state index contributed by atoms with van der Waals surface area (Å²) in [6.07, 6.45) is 4.35. The summed E-state index contributed by atoms with van der Waals surface area (Å²) in [6, 6.07) is 5.98. The Balaban J connectivity index is 1.73. The van der Waals surface area contributed by atoms with Crippen molar-refractivity contribution in [1.82, 2.24) is 5.32 Å². The van der Waals surface area contributed by atoms with Crippen LogP contribution in [0.25, 0.3) is 0 Å². The van der Waals surface area contributed by atoms with Crippen molar-refractivity contribution in [2.45, 2.75) is 44.8 Å². The van der Waals surface area contributed by atoms with Gasteiger partial charge in [0.05, 0.1) is 12.1 Å². The lowest BCUT2D eigenvalue weighted by Crippen LogP contribution is -2.41. The van der Waals surface area contributed by atoms with E-state index in [0.29, 0.717) is 0 Å². The highest BCUT2D eigenvalue weighted by molar-refractivity contribution is 5.97. The molecule has 0 aliphatic carbocycles. The summed E-state index contributed by atoms with van der Waals surface area (Å²) in [5.41, 5.74) is 3.06. The lowest BCUT2D eigenvalue weighted by molar-refractivity contribution is 0.0712. The molecule has 2 unspecified atom stereocenters. The molecule has 0 spiro atoms. The van der Waals surface area contributed by atoms with Crippen LogP contribution in [-0.4, -0.2) is 31.2 Å². The number of fused-ring (bicyclic) bond motifs is 1. The molecule has 2 aliphatic heterocycles. The van der Waals surface area contributed by atoms with Crippen molar-refractivity contribution in [3.05, 3.63) is 29.3 Å². The fourth-order valence-electron chi connectivity index (χ4n) is 3.10. The maximum atomic E-state index is 12.5. The molecule has 0 saturated carbocycles. The summed E-state index contributed by atoms with van der Waals surface area (Å²) in [6.45, 7) is 3.83. The molecule has 20 heavy (non-hydrogen) atoms. The van der Waals surface area contributed by atoms with E-state index in [-0.39, 0.29) is 18.1 Å². The largest absolute Gasteiger partial charge is 0.385 e. The molecule has 3 rings (SSSR count). The Morgan fingerprint density at radius 2 is 2.35 bits per heavy atom. The van der Waals surface area contributed by atoms with E-state index in [1.165, 1.54) is 0 Å². The Labute approximate surface area is 119 Å². The first-order chi connectivity index (χ1) is 9.75. The van der Waals surface area contributed by atoms with Crippen LogP contribution in [0.15, 0.2) is 18.2 Å². The van der Waals surface area contributed by atoms with Crippen LogP contribution in [0, 0.1) is 0 Å². The summed E-state index contributed by atoms with van der Waals surface area (Å²) in [4.78, 5) is 12.5. The number of ether oxygens (including phenoxy) is 1. The average Bonchev–Trinajstić information content (AvgIpc) is 3.01. The van der Waals surface area contributed by atoms with Gasteiger partial charge in [0.15, 0.2) is 0 Å². The van der Waals surface area contributed by atoms with E-state index in [4.69, 9.17) is 4.74 Å². The predicted molar refractivity (Wildman–Crippen MR) is 79.2 cm³/mol. The zero-order valence-corrected chi connectivity index (χ0v) is 11.9. The van der Waals surface area contributed by atoms with E-state index < -0.39 is 0 Å². The van der Waals surface area contributed by atoms with Gasteiger partial charge in [-0.3, -0.25) is 4.79 Å². The highest BCUT2D eigenvalue weighted by Gasteiger charge is 2.25. The van der Waals surface area contributed by atoms with Crippen molar-refractivity contribution in [2.24, 2.45) is 0 Å². The number of amides is 1. The van der Waals surface area contributed by atoms with Crippen LogP contribution in [0.2, 0.25) is 0 Å². The quantitative estimate of drug-likeness (QED) is 0.889. The van der Waals surface area contributed by atoms with Gasteiger partial charge < -0.3 is 15.4 Å². The van der Waals surface area contributed by atoms with E-state index >= 15 is 0 Å². The summed E-state index contributed by atoms with van der Waals surface area (Å²) in [5, 5.41) is 6.46. The maximum Gasteiger partial charge on any atom is 0.251 e. The van der Waals surface area contributed by atoms with Gasteiger partial charge in [-0.1, -0.05) is 6.07 Å². The monoisotopic (exact) mass is 274 g/mol. The fourth-order valence-corrected chi connectivity index (χ4v) is 3.10. The van der Waals surface area contributed by atoms with Gasteiger partial charge in [-0.15, -0.1) is 0 Å². The van der Waals surface area contributed by atoms with Crippen molar-refractivity contribution < 1.29 is 9.53 Å². The molecule has 2 aliphatic rings. The van der Waals surface area contributed by atoms with E-state index in [1.807, 2.05) is 19.1 Å². The fraction of sp³-hybridized carbons (Fsp3) is 0.562. The molecule has 108 valence electrons. The Hall–Kier alpha value is -1.55. The number of carbonyl (C=O) groups excluding carboxylic acids is 1. The summed E-state index contributed by atoms with van der Waals surface area (Å²) in [7, 11) is 0. The molecule has 4 heteroatoms. The van der Waals surface area contributed by atoms with Gasteiger partial charge in [0.25, 0.3) is 5.91 Å². The molecule has 2 N–H and O–H groups in total. The Morgan fingerprint density at radius 3 is 3.15 bits per heavy atom. The first-order valence-electron chi connectivity index (χ1n) is 7.54.